The Labute approximate surface area is 240 Å². The molecule has 41 heavy (non-hydrogen) atoms. The van der Waals surface area contributed by atoms with Crippen molar-refractivity contribution in [1.29, 1.82) is 0 Å². The quantitative estimate of drug-likeness (QED) is 0.107. The van der Waals surface area contributed by atoms with Crippen LogP contribution in [-0.4, -0.2) is 54.8 Å². The van der Waals surface area contributed by atoms with E-state index in [1.165, 1.54) is 38.7 Å². The van der Waals surface area contributed by atoms with Gasteiger partial charge in [-0.3, -0.25) is 14.4 Å². The van der Waals surface area contributed by atoms with Crippen molar-refractivity contribution < 1.29 is 46.5 Å². The van der Waals surface area contributed by atoms with E-state index in [0.29, 0.717) is 0 Å². The van der Waals surface area contributed by atoms with Crippen molar-refractivity contribution in [1.82, 2.24) is 5.32 Å². The van der Waals surface area contributed by atoms with Gasteiger partial charge in [0, 0.05) is 37.4 Å². The van der Waals surface area contributed by atoms with Crippen LogP contribution in [0.1, 0.15) is 38.8 Å². The first kappa shape index (κ1) is 33.5. The summed E-state index contributed by atoms with van der Waals surface area (Å²) in [7, 11) is 0. The predicted octanol–water partition coefficient (Wildman–Crippen LogP) is 4.21. The van der Waals surface area contributed by atoms with E-state index in [4.69, 9.17) is 24.7 Å². The molecule has 9 nitrogen and oxygen atoms in total. The number of benzene rings is 2. The van der Waals surface area contributed by atoms with Crippen LogP contribution in [0.25, 0.3) is 5.70 Å². The van der Waals surface area contributed by atoms with E-state index in [0.717, 1.165) is 22.6 Å². The molecule has 0 bridgehead atoms. The fourth-order valence-electron chi connectivity index (χ4n) is 3.43. The number of nitrogens with two attached hydrogens (primary N) is 1. The van der Waals surface area contributed by atoms with Gasteiger partial charge >= 0.3 is 17.9 Å². The molecule has 4 unspecified atom stereocenters. The molecule has 0 aliphatic carbocycles. The van der Waals surface area contributed by atoms with Crippen molar-refractivity contribution in [2.24, 2.45) is 5.73 Å². The molecule has 0 fully saturated rings. The highest BCUT2D eigenvalue weighted by Gasteiger charge is 2.33. The van der Waals surface area contributed by atoms with Gasteiger partial charge in [-0.1, -0.05) is 29.5 Å². The van der Waals surface area contributed by atoms with Gasteiger partial charge in [0.1, 0.15) is 24.3 Å². The van der Waals surface area contributed by atoms with Crippen LogP contribution in [-0.2, 0) is 33.3 Å². The third-order valence-corrected chi connectivity index (χ3v) is 6.61. The van der Waals surface area contributed by atoms with Crippen LogP contribution in [0.4, 0.5) is 13.2 Å². The maximum absolute atomic E-state index is 13.7. The zero-order chi connectivity index (χ0) is 30.7. The lowest BCUT2D eigenvalue weighted by molar-refractivity contribution is -0.169. The van der Waals surface area contributed by atoms with E-state index < -0.39 is 59.1 Å². The zero-order valence-corrected chi connectivity index (χ0v) is 24.1. The number of carbonyl (C=O) groups excluding carboxylic acids is 3. The highest BCUT2D eigenvalue weighted by Crippen LogP contribution is 2.30. The maximum atomic E-state index is 13.7. The minimum atomic E-state index is -1.62. The molecular weight excluding hydrogens is 565 g/mol. The SMILES string of the molecule is CC(=O)OCC(OC(Sc1ccc(C)cc1)C(CN/C=C(\N)c1cc(F)c(F)c(F)c1)OC(C)=O)C(C)OC(C)=O. The summed E-state index contributed by atoms with van der Waals surface area (Å²) in [6.45, 7) is 6.76. The number of rotatable bonds is 14. The lowest BCUT2D eigenvalue weighted by Crippen LogP contribution is -2.44. The van der Waals surface area contributed by atoms with Gasteiger partial charge in [-0.2, -0.15) is 0 Å². The number of esters is 3. The van der Waals surface area contributed by atoms with E-state index >= 15 is 0 Å². The Morgan fingerprint density at radius 2 is 1.54 bits per heavy atom. The fourth-order valence-corrected chi connectivity index (χ4v) is 4.50. The number of aryl methyl sites for hydroxylation is 1. The number of halogens is 3. The van der Waals surface area contributed by atoms with Crippen LogP contribution in [0.15, 0.2) is 47.5 Å². The molecule has 0 spiro atoms. The van der Waals surface area contributed by atoms with E-state index in [1.807, 2.05) is 31.2 Å². The Morgan fingerprint density at radius 3 is 2.07 bits per heavy atom. The van der Waals surface area contributed by atoms with Gasteiger partial charge in [-0.05, 0) is 38.1 Å². The van der Waals surface area contributed by atoms with Crippen LogP contribution in [0.2, 0.25) is 0 Å². The molecular formula is C28H33F3N2O7S. The zero-order valence-electron chi connectivity index (χ0n) is 23.2. The van der Waals surface area contributed by atoms with Crippen molar-refractivity contribution >= 4 is 35.4 Å². The Kier molecular flexibility index (Phi) is 13.0. The van der Waals surface area contributed by atoms with Crippen LogP contribution in [0.5, 0.6) is 0 Å². The second-order valence-corrected chi connectivity index (χ2v) is 10.2. The van der Waals surface area contributed by atoms with Crippen LogP contribution >= 0.6 is 11.8 Å². The predicted molar refractivity (Wildman–Crippen MR) is 146 cm³/mol. The minimum Gasteiger partial charge on any atom is -0.463 e. The molecule has 2 rings (SSSR count). The summed E-state index contributed by atoms with van der Waals surface area (Å²) in [5.41, 5.74) is 5.75. The summed E-state index contributed by atoms with van der Waals surface area (Å²) in [4.78, 5) is 35.9. The molecule has 224 valence electrons. The summed E-state index contributed by atoms with van der Waals surface area (Å²) in [5, 5.41) is 2.84. The fraction of sp³-hybridized carbons (Fsp3) is 0.393. The van der Waals surface area contributed by atoms with Crippen molar-refractivity contribution in [3.05, 3.63) is 71.2 Å². The van der Waals surface area contributed by atoms with E-state index in [1.54, 1.807) is 6.92 Å². The summed E-state index contributed by atoms with van der Waals surface area (Å²) in [6.07, 6.45) is -1.59. The molecule has 0 saturated heterocycles. The van der Waals surface area contributed by atoms with Gasteiger partial charge < -0.3 is 30.0 Å². The van der Waals surface area contributed by atoms with Gasteiger partial charge in [0.2, 0.25) is 0 Å². The largest absolute Gasteiger partial charge is 0.463 e. The Hall–Kier alpha value is -3.71. The number of hydrogen-bond donors (Lipinski definition) is 2. The van der Waals surface area contributed by atoms with Gasteiger partial charge in [-0.25, -0.2) is 13.2 Å². The van der Waals surface area contributed by atoms with E-state index in [9.17, 15) is 27.6 Å². The van der Waals surface area contributed by atoms with Crippen LogP contribution < -0.4 is 11.1 Å². The Balaban J connectivity index is 2.37. The molecule has 0 amide bonds. The Bertz CT molecular complexity index is 1220. The van der Waals surface area contributed by atoms with Crippen LogP contribution in [0, 0.1) is 24.4 Å². The number of thioether (sulfide) groups is 1. The van der Waals surface area contributed by atoms with Crippen molar-refractivity contribution in [3.8, 4) is 0 Å². The smallest absolute Gasteiger partial charge is 0.303 e. The molecule has 0 aromatic heterocycles. The molecule has 0 heterocycles. The van der Waals surface area contributed by atoms with Gasteiger partial charge in [-0.15, -0.1) is 0 Å². The molecule has 0 aliphatic heterocycles. The molecule has 4 atom stereocenters. The lowest BCUT2D eigenvalue weighted by Gasteiger charge is -2.32. The number of hydrogen-bond acceptors (Lipinski definition) is 10. The highest BCUT2D eigenvalue weighted by atomic mass is 32.2. The topological polar surface area (TPSA) is 126 Å². The number of nitrogens with one attached hydrogen (secondary N) is 1. The minimum absolute atomic E-state index is 0.0990. The van der Waals surface area contributed by atoms with Crippen molar-refractivity contribution in [3.63, 3.8) is 0 Å². The van der Waals surface area contributed by atoms with Crippen molar-refractivity contribution in [2.45, 2.75) is 63.3 Å². The first-order valence-corrected chi connectivity index (χ1v) is 13.3. The van der Waals surface area contributed by atoms with Gasteiger partial charge in [0.05, 0.1) is 12.2 Å². The summed E-state index contributed by atoms with van der Waals surface area (Å²) < 4.78 is 62.8. The molecule has 2 aromatic rings. The summed E-state index contributed by atoms with van der Waals surface area (Å²) >= 11 is 1.19. The summed E-state index contributed by atoms with van der Waals surface area (Å²) in [5.74, 6) is -6.23. The number of carbonyl (C=O) groups is 3. The van der Waals surface area contributed by atoms with Gasteiger partial charge in [0.15, 0.2) is 23.6 Å². The monoisotopic (exact) mass is 598 g/mol. The van der Waals surface area contributed by atoms with E-state index in [2.05, 4.69) is 5.32 Å². The molecule has 2 aromatic carbocycles. The first-order chi connectivity index (χ1) is 19.3. The number of ether oxygens (including phenoxy) is 4. The standard InChI is InChI=1S/C28H33F3N2O7S/c1-15-6-8-21(9-7-15)41-28(40-26(14-37-17(3)34)16(2)38-18(4)35)25(39-19(5)36)13-33-12-24(32)20-10-22(29)27(31)23(30)11-20/h6-12,16,25-26,28,33H,13-14,32H2,1-5H3/b24-12-. The first-order valence-electron chi connectivity index (χ1n) is 12.5. The third-order valence-electron chi connectivity index (χ3n) is 5.42. The normalized spacial score (nSPS) is 14.4. The average molecular weight is 599 g/mol. The second-order valence-electron chi connectivity index (χ2n) is 9.00. The van der Waals surface area contributed by atoms with Gasteiger partial charge in [0.25, 0.3) is 0 Å². The molecule has 3 N–H and O–H groups in total. The third kappa shape index (κ3) is 11.4. The summed E-state index contributed by atoms with van der Waals surface area (Å²) in [6, 6.07) is 8.90. The molecule has 0 saturated carbocycles. The lowest BCUT2D eigenvalue weighted by atomic mass is 10.1. The molecule has 0 radical (unpaired) electrons. The van der Waals surface area contributed by atoms with E-state index in [-0.39, 0.29) is 24.4 Å². The van der Waals surface area contributed by atoms with Crippen LogP contribution in [0.3, 0.4) is 0 Å². The molecule has 0 aliphatic rings. The molecule has 13 heteroatoms. The highest BCUT2D eigenvalue weighted by molar-refractivity contribution is 7.99. The Morgan fingerprint density at radius 1 is 0.951 bits per heavy atom. The average Bonchev–Trinajstić information content (AvgIpc) is 2.88. The maximum Gasteiger partial charge on any atom is 0.303 e. The second kappa shape index (κ2) is 15.9. The van der Waals surface area contributed by atoms with Crippen molar-refractivity contribution in [2.75, 3.05) is 13.2 Å².